The Labute approximate surface area is 140 Å². The second-order valence-electron chi connectivity index (χ2n) is 5.51. The van der Waals surface area contributed by atoms with E-state index in [4.69, 9.17) is 5.73 Å². The number of nitrogens with two attached hydrogens (primary N) is 1. The van der Waals surface area contributed by atoms with Crippen molar-refractivity contribution in [1.82, 2.24) is 4.90 Å². The van der Waals surface area contributed by atoms with Gasteiger partial charge in [-0.3, -0.25) is 4.90 Å². The smallest absolute Gasteiger partial charge is 0.0250 e. The highest BCUT2D eigenvalue weighted by Gasteiger charge is 2.30. The molecular formula is C17H20BrClN2. The number of halogens is 2. The van der Waals surface area contributed by atoms with E-state index >= 15 is 0 Å². The molecule has 0 radical (unpaired) electrons. The van der Waals surface area contributed by atoms with E-state index in [1.807, 2.05) is 0 Å². The van der Waals surface area contributed by atoms with Crippen LogP contribution in [-0.2, 0) is 6.54 Å². The molecule has 2 aromatic carbocycles. The third-order valence-corrected chi connectivity index (χ3v) is 4.46. The summed E-state index contributed by atoms with van der Waals surface area (Å²) >= 11 is 3.53. The Morgan fingerprint density at radius 2 is 1.81 bits per heavy atom. The lowest BCUT2D eigenvalue weighted by atomic mass is 9.95. The van der Waals surface area contributed by atoms with Crippen molar-refractivity contribution in [3.05, 3.63) is 70.2 Å². The highest BCUT2D eigenvalue weighted by atomic mass is 79.9. The first-order valence-electron chi connectivity index (χ1n) is 7.00. The van der Waals surface area contributed by atoms with Crippen molar-refractivity contribution < 1.29 is 0 Å². The molecule has 0 aliphatic carbocycles. The molecule has 0 saturated carbocycles. The Morgan fingerprint density at radius 3 is 2.52 bits per heavy atom. The van der Waals surface area contributed by atoms with Gasteiger partial charge in [-0.2, -0.15) is 0 Å². The van der Waals surface area contributed by atoms with Gasteiger partial charge in [0.1, 0.15) is 0 Å². The van der Waals surface area contributed by atoms with Gasteiger partial charge in [-0.25, -0.2) is 0 Å². The molecule has 2 atom stereocenters. The van der Waals surface area contributed by atoms with Crippen LogP contribution < -0.4 is 5.73 Å². The van der Waals surface area contributed by atoms with Crippen molar-refractivity contribution in [2.24, 2.45) is 5.73 Å². The third-order valence-electron chi connectivity index (χ3n) is 3.96. The molecule has 0 amide bonds. The van der Waals surface area contributed by atoms with Gasteiger partial charge in [0.2, 0.25) is 0 Å². The molecule has 2 nitrogen and oxygen atoms in total. The molecule has 21 heavy (non-hydrogen) atoms. The number of rotatable bonds is 3. The van der Waals surface area contributed by atoms with Crippen LogP contribution in [0, 0.1) is 0 Å². The molecule has 112 valence electrons. The third kappa shape index (κ3) is 4.07. The van der Waals surface area contributed by atoms with Crippen LogP contribution in [0.15, 0.2) is 59.1 Å². The zero-order valence-electron chi connectivity index (χ0n) is 11.8. The topological polar surface area (TPSA) is 29.3 Å². The minimum Gasteiger partial charge on any atom is -0.326 e. The van der Waals surface area contributed by atoms with E-state index in [-0.39, 0.29) is 18.4 Å². The SMILES string of the molecule is Cl.N[C@@H]1CN(Cc2cccc(Br)c2)C[C@H]1c1ccccc1. The summed E-state index contributed by atoms with van der Waals surface area (Å²) in [5, 5.41) is 0. The summed E-state index contributed by atoms with van der Waals surface area (Å²) in [5.41, 5.74) is 9.03. The zero-order valence-corrected chi connectivity index (χ0v) is 14.2. The van der Waals surface area contributed by atoms with Gasteiger partial charge in [0.25, 0.3) is 0 Å². The molecule has 4 heteroatoms. The summed E-state index contributed by atoms with van der Waals surface area (Å²) in [5.74, 6) is 0.448. The Kier molecular flexibility index (Phi) is 5.82. The molecule has 0 bridgehead atoms. The van der Waals surface area contributed by atoms with Gasteiger partial charge in [0.05, 0.1) is 0 Å². The van der Waals surface area contributed by atoms with Crippen molar-refractivity contribution in [3.8, 4) is 0 Å². The van der Waals surface area contributed by atoms with E-state index < -0.39 is 0 Å². The lowest BCUT2D eigenvalue weighted by Crippen LogP contribution is -2.28. The van der Waals surface area contributed by atoms with E-state index in [1.54, 1.807) is 0 Å². The molecule has 1 aliphatic rings. The van der Waals surface area contributed by atoms with Crippen LogP contribution in [0.5, 0.6) is 0 Å². The van der Waals surface area contributed by atoms with E-state index in [1.165, 1.54) is 11.1 Å². The summed E-state index contributed by atoms with van der Waals surface area (Å²) in [6, 6.07) is 19.4. The average Bonchev–Trinajstić information content (AvgIpc) is 2.80. The Balaban J connectivity index is 0.00000161. The molecule has 1 aliphatic heterocycles. The summed E-state index contributed by atoms with van der Waals surface area (Å²) in [6.07, 6.45) is 0. The zero-order chi connectivity index (χ0) is 13.9. The van der Waals surface area contributed by atoms with Gasteiger partial charge in [-0.15, -0.1) is 12.4 Å². The van der Waals surface area contributed by atoms with E-state index in [2.05, 4.69) is 75.4 Å². The molecule has 0 unspecified atom stereocenters. The first-order chi connectivity index (χ1) is 9.72. The maximum absolute atomic E-state index is 6.33. The first-order valence-corrected chi connectivity index (χ1v) is 7.79. The van der Waals surface area contributed by atoms with Crippen molar-refractivity contribution in [3.63, 3.8) is 0 Å². The lowest BCUT2D eigenvalue weighted by Gasteiger charge is -2.16. The normalized spacial score (nSPS) is 22.0. The molecule has 0 spiro atoms. The Bertz CT molecular complexity index is 576. The second kappa shape index (κ2) is 7.41. The molecular weight excluding hydrogens is 348 g/mol. The Hall–Kier alpha value is -0.870. The van der Waals surface area contributed by atoms with Crippen molar-refractivity contribution in [2.45, 2.75) is 18.5 Å². The minimum atomic E-state index is 0. The largest absolute Gasteiger partial charge is 0.326 e. The standard InChI is InChI=1S/C17H19BrN2.ClH/c18-15-8-4-5-13(9-15)10-20-11-16(17(19)12-20)14-6-2-1-3-7-14;/h1-9,16-17H,10-12,19H2;1H/t16-,17+;/m0./s1. The van der Waals surface area contributed by atoms with Crippen molar-refractivity contribution >= 4 is 28.3 Å². The van der Waals surface area contributed by atoms with Gasteiger partial charge in [-0.05, 0) is 23.3 Å². The summed E-state index contributed by atoms with van der Waals surface area (Å²) in [6.45, 7) is 2.97. The van der Waals surface area contributed by atoms with Crippen LogP contribution in [0.2, 0.25) is 0 Å². The highest BCUT2D eigenvalue weighted by molar-refractivity contribution is 9.10. The number of likely N-dealkylation sites (tertiary alicyclic amines) is 1. The number of hydrogen-bond donors (Lipinski definition) is 1. The van der Waals surface area contributed by atoms with Gasteiger partial charge in [-0.1, -0.05) is 58.4 Å². The van der Waals surface area contributed by atoms with E-state index in [9.17, 15) is 0 Å². The molecule has 1 saturated heterocycles. The van der Waals surface area contributed by atoms with Gasteiger partial charge in [0.15, 0.2) is 0 Å². The second-order valence-corrected chi connectivity index (χ2v) is 6.42. The first kappa shape index (κ1) is 16.5. The molecule has 1 heterocycles. The monoisotopic (exact) mass is 366 g/mol. The quantitative estimate of drug-likeness (QED) is 0.894. The number of hydrogen-bond acceptors (Lipinski definition) is 2. The molecule has 3 rings (SSSR count). The predicted molar refractivity (Wildman–Crippen MR) is 93.8 cm³/mol. The van der Waals surface area contributed by atoms with E-state index in [0.29, 0.717) is 5.92 Å². The van der Waals surface area contributed by atoms with Gasteiger partial charge < -0.3 is 5.73 Å². The van der Waals surface area contributed by atoms with Crippen LogP contribution in [0.3, 0.4) is 0 Å². The molecule has 2 aromatic rings. The summed E-state index contributed by atoms with van der Waals surface area (Å²) < 4.78 is 1.14. The van der Waals surface area contributed by atoms with Crippen LogP contribution in [0.1, 0.15) is 17.0 Å². The average molecular weight is 368 g/mol. The number of nitrogens with zero attached hydrogens (tertiary/aromatic N) is 1. The maximum atomic E-state index is 6.33. The van der Waals surface area contributed by atoms with Crippen LogP contribution >= 0.6 is 28.3 Å². The maximum Gasteiger partial charge on any atom is 0.0250 e. The van der Waals surface area contributed by atoms with Crippen LogP contribution in [-0.4, -0.2) is 24.0 Å². The Morgan fingerprint density at radius 1 is 1.05 bits per heavy atom. The lowest BCUT2D eigenvalue weighted by molar-refractivity contribution is 0.324. The predicted octanol–water partition coefficient (Wildman–Crippen LogP) is 3.80. The summed E-state index contributed by atoms with van der Waals surface area (Å²) in [4.78, 5) is 2.45. The fourth-order valence-corrected chi connectivity index (χ4v) is 3.44. The summed E-state index contributed by atoms with van der Waals surface area (Å²) in [7, 11) is 0. The fourth-order valence-electron chi connectivity index (χ4n) is 2.99. The molecule has 1 fully saturated rings. The van der Waals surface area contributed by atoms with E-state index in [0.717, 1.165) is 24.1 Å². The van der Waals surface area contributed by atoms with Crippen LogP contribution in [0.4, 0.5) is 0 Å². The number of benzene rings is 2. The van der Waals surface area contributed by atoms with Crippen LogP contribution in [0.25, 0.3) is 0 Å². The fraction of sp³-hybridized carbons (Fsp3) is 0.294. The van der Waals surface area contributed by atoms with Gasteiger partial charge in [0, 0.05) is 36.1 Å². The molecule has 0 aromatic heterocycles. The minimum absolute atomic E-state index is 0. The van der Waals surface area contributed by atoms with Gasteiger partial charge >= 0.3 is 0 Å². The van der Waals surface area contributed by atoms with Crippen molar-refractivity contribution in [2.75, 3.05) is 13.1 Å². The van der Waals surface area contributed by atoms with Crippen molar-refractivity contribution in [1.29, 1.82) is 0 Å². The highest BCUT2D eigenvalue weighted by Crippen LogP contribution is 2.27. The molecule has 2 N–H and O–H groups in total.